The highest BCUT2D eigenvalue weighted by molar-refractivity contribution is 5.74. The Morgan fingerprint density at radius 2 is 2.13 bits per heavy atom. The molecule has 2 N–H and O–H groups in total. The largest absolute Gasteiger partial charge is 0.338 e. The first-order chi connectivity index (χ1) is 7.26. The van der Waals surface area contributed by atoms with Crippen LogP contribution in [0.25, 0.3) is 0 Å². The predicted octanol–water partition coefficient (Wildman–Crippen LogP) is 2.66. The van der Waals surface area contributed by atoms with Crippen LogP contribution in [0.3, 0.4) is 0 Å². The molecule has 0 spiro atoms. The summed E-state index contributed by atoms with van der Waals surface area (Å²) >= 11 is 0. The molecule has 0 heterocycles. The van der Waals surface area contributed by atoms with Crippen LogP contribution < -0.4 is 10.6 Å². The van der Waals surface area contributed by atoms with Crippen LogP contribution in [0.4, 0.5) is 4.79 Å². The predicted molar refractivity (Wildman–Crippen MR) is 62.9 cm³/mol. The van der Waals surface area contributed by atoms with E-state index < -0.39 is 0 Å². The van der Waals surface area contributed by atoms with Crippen molar-refractivity contribution in [3.63, 3.8) is 0 Å². The van der Waals surface area contributed by atoms with Crippen molar-refractivity contribution in [1.82, 2.24) is 10.6 Å². The van der Waals surface area contributed by atoms with Crippen molar-refractivity contribution in [2.24, 2.45) is 5.92 Å². The summed E-state index contributed by atoms with van der Waals surface area (Å²) < 4.78 is 0. The van der Waals surface area contributed by atoms with Gasteiger partial charge in [-0.05, 0) is 25.2 Å². The molecule has 1 aliphatic carbocycles. The van der Waals surface area contributed by atoms with E-state index in [0.29, 0.717) is 12.0 Å². The van der Waals surface area contributed by atoms with Gasteiger partial charge in [0.2, 0.25) is 0 Å². The maximum Gasteiger partial charge on any atom is 0.315 e. The molecule has 0 radical (unpaired) electrons. The second-order valence-corrected chi connectivity index (χ2v) is 4.55. The van der Waals surface area contributed by atoms with Gasteiger partial charge in [-0.25, -0.2) is 4.79 Å². The SMILES string of the molecule is CCCC[C@@H](CC)CNC(=O)NC1CC1. The van der Waals surface area contributed by atoms with Crippen molar-refractivity contribution >= 4 is 6.03 Å². The molecule has 1 saturated carbocycles. The minimum Gasteiger partial charge on any atom is -0.338 e. The van der Waals surface area contributed by atoms with Crippen molar-refractivity contribution in [2.45, 2.75) is 58.4 Å². The Morgan fingerprint density at radius 3 is 2.67 bits per heavy atom. The van der Waals surface area contributed by atoms with Crippen molar-refractivity contribution in [3.8, 4) is 0 Å². The van der Waals surface area contributed by atoms with E-state index >= 15 is 0 Å². The Kier molecular flexibility index (Phi) is 5.51. The number of nitrogens with one attached hydrogen (secondary N) is 2. The van der Waals surface area contributed by atoms with E-state index in [1.807, 2.05) is 0 Å². The fourth-order valence-corrected chi connectivity index (χ4v) is 1.64. The number of rotatable bonds is 7. The van der Waals surface area contributed by atoms with Crippen molar-refractivity contribution in [1.29, 1.82) is 0 Å². The van der Waals surface area contributed by atoms with Gasteiger partial charge in [-0.15, -0.1) is 0 Å². The molecular weight excluding hydrogens is 188 g/mol. The molecule has 3 nitrogen and oxygen atoms in total. The Hall–Kier alpha value is -0.730. The molecule has 3 heteroatoms. The number of carbonyl (C=O) groups is 1. The van der Waals surface area contributed by atoms with Gasteiger partial charge in [-0.1, -0.05) is 33.1 Å². The zero-order valence-electron chi connectivity index (χ0n) is 10.0. The van der Waals surface area contributed by atoms with Gasteiger partial charge in [0.15, 0.2) is 0 Å². The molecule has 0 aliphatic heterocycles. The van der Waals surface area contributed by atoms with Crippen LogP contribution in [0.15, 0.2) is 0 Å². The Morgan fingerprint density at radius 1 is 1.40 bits per heavy atom. The molecule has 1 rings (SSSR count). The topological polar surface area (TPSA) is 41.1 Å². The van der Waals surface area contributed by atoms with Crippen LogP contribution in [0.2, 0.25) is 0 Å². The lowest BCUT2D eigenvalue weighted by Crippen LogP contribution is -2.39. The summed E-state index contributed by atoms with van der Waals surface area (Å²) in [5.41, 5.74) is 0. The van der Waals surface area contributed by atoms with Gasteiger partial charge >= 0.3 is 6.03 Å². The molecule has 0 aromatic carbocycles. The van der Waals surface area contributed by atoms with Crippen molar-refractivity contribution < 1.29 is 4.79 Å². The van der Waals surface area contributed by atoms with E-state index in [1.54, 1.807) is 0 Å². The zero-order valence-corrected chi connectivity index (χ0v) is 10.0. The number of unbranched alkanes of at least 4 members (excludes halogenated alkanes) is 1. The minimum absolute atomic E-state index is 0.0208. The Bertz CT molecular complexity index is 190. The maximum atomic E-state index is 11.4. The Labute approximate surface area is 93.0 Å². The first-order valence-electron chi connectivity index (χ1n) is 6.30. The van der Waals surface area contributed by atoms with E-state index in [0.717, 1.165) is 25.8 Å². The third-order valence-electron chi connectivity index (χ3n) is 3.01. The molecule has 0 unspecified atom stereocenters. The van der Waals surface area contributed by atoms with Gasteiger partial charge in [0.05, 0.1) is 0 Å². The van der Waals surface area contributed by atoms with E-state index in [1.165, 1.54) is 19.3 Å². The molecule has 88 valence electrons. The molecule has 0 aromatic rings. The highest BCUT2D eigenvalue weighted by Gasteiger charge is 2.23. The smallest absolute Gasteiger partial charge is 0.315 e. The van der Waals surface area contributed by atoms with Gasteiger partial charge in [0.25, 0.3) is 0 Å². The van der Waals surface area contributed by atoms with Gasteiger partial charge in [0.1, 0.15) is 0 Å². The lowest BCUT2D eigenvalue weighted by atomic mass is 9.99. The number of urea groups is 1. The third kappa shape index (κ3) is 5.65. The summed E-state index contributed by atoms with van der Waals surface area (Å²) in [5.74, 6) is 0.648. The van der Waals surface area contributed by atoms with Crippen LogP contribution >= 0.6 is 0 Å². The monoisotopic (exact) mass is 212 g/mol. The lowest BCUT2D eigenvalue weighted by molar-refractivity contribution is 0.237. The molecule has 2 amide bonds. The van der Waals surface area contributed by atoms with E-state index in [-0.39, 0.29) is 6.03 Å². The number of hydrogen-bond donors (Lipinski definition) is 2. The Balaban J connectivity index is 2.06. The molecule has 0 saturated heterocycles. The van der Waals surface area contributed by atoms with Gasteiger partial charge in [0, 0.05) is 12.6 Å². The van der Waals surface area contributed by atoms with Crippen LogP contribution in [-0.2, 0) is 0 Å². The van der Waals surface area contributed by atoms with Crippen LogP contribution in [0.5, 0.6) is 0 Å². The summed E-state index contributed by atoms with van der Waals surface area (Å²) in [5, 5.41) is 5.90. The second kappa shape index (κ2) is 6.70. The summed E-state index contributed by atoms with van der Waals surface area (Å²) in [6.07, 6.45) is 7.20. The molecule has 1 aliphatic rings. The first kappa shape index (κ1) is 12.3. The average molecular weight is 212 g/mol. The van der Waals surface area contributed by atoms with E-state index in [2.05, 4.69) is 24.5 Å². The van der Waals surface area contributed by atoms with Gasteiger partial charge < -0.3 is 10.6 Å². The van der Waals surface area contributed by atoms with Gasteiger partial charge in [-0.3, -0.25) is 0 Å². The van der Waals surface area contributed by atoms with Crippen LogP contribution in [-0.4, -0.2) is 18.6 Å². The fraction of sp³-hybridized carbons (Fsp3) is 0.917. The summed E-state index contributed by atoms with van der Waals surface area (Å²) in [6, 6.07) is 0.480. The quantitative estimate of drug-likeness (QED) is 0.669. The number of hydrogen-bond acceptors (Lipinski definition) is 1. The van der Waals surface area contributed by atoms with E-state index in [9.17, 15) is 4.79 Å². The number of carbonyl (C=O) groups excluding carboxylic acids is 1. The summed E-state index contributed by atoms with van der Waals surface area (Å²) in [6.45, 7) is 5.23. The van der Waals surface area contributed by atoms with Crippen LogP contribution in [0.1, 0.15) is 52.4 Å². The second-order valence-electron chi connectivity index (χ2n) is 4.55. The minimum atomic E-state index is 0.0208. The standard InChI is InChI=1S/C12H24N2O/c1-3-5-6-10(4-2)9-13-12(15)14-11-7-8-11/h10-11H,3-9H2,1-2H3,(H2,13,14,15)/t10-/m1/s1. The molecule has 0 aromatic heterocycles. The molecule has 0 bridgehead atoms. The van der Waals surface area contributed by atoms with Gasteiger partial charge in [-0.2, -0.15) is 0 Å². The van der Waals surface area contributed by atoms with Crippen LogP contribution in [0, 0.1) is 5.92 Å². The third-order valence-corrected chi connectivity index (χ3v) is 3.01. The molecule has 1 fully saturated rings. The summed E-state index contributed by atoms with van der Waals surface area (Å²) in [7, 11) is 0. The fourth-order valence-electron chi connectivity index (χ4n) is 1.64. The highest BCUT2D eigenvalue weighted by atomic mass is 16.2. The number of amides is 2. The normalized spacial score (nSPS) is 17.2. The van der Waals surface area contributed by atoms with E-state index in [4.69, 9.17) is 0 Å². The molecular formula is C12H24N2O. The first-order valence-corrected chi connectivity index (χ1v) is 6.30. The zero-order chi connectivity index (χ0) is 11.1. The highest BCUT2D eigenvalue weighted by Crippen LogP contribution is 2.18. The average Bonchev–Trinajstić information content (AvgIpc) is 3.02. The van der Waals surface area contributed by atoms with Crippen molar-refractivity contribution in [3.05, 3.63) is 0 Å². The maximum absolute atomic E-state index is 11.4. The van der Waals surface area contributed by atoms with Crippen molar-refractivity contribution in [2.75, 3.05) is 6.54 Å². The summed E-state index contributed by atoms with van der Waals surface area (Å²) in [4.78, 5) is 11.4. The molecule has 1 atom stereocenters. The molecule has 15 heavy (non-hydrogen) atoms. The lowest BCUT2D eigenvalue weighted by Gasteiger charge is -2.15.